The van der Waals surface area contributed by atoms with E-state index in [4.69, 9.17) is 4.74 Å². The van der Waals surface area contributed by atoms with Gasteiger partial charge in [-0.2, -0.15) is 0 Å². The fourth-order valence-corrected chi connectivity index (χ4v) is 4.84. The van der Waals surface area contributed by atoms with E-state index in [-0.39, 0.29) is 0 Å². The zero-order chi connectivity index (χ0) is 13.6. The van der Waals surface area contributed by atoms with Gasteiger partial charge in [-0.15, -0.1) is 0 Å². The SMILES string of the molecule is Cc1ccc(CNC2C3CCOC3C23CCCC3)cn1. The molecular formula is C17H24N2O. The van der Waals surface area contributed by atoms with Crippen LogP contribution >= 0.6 is 0 Å². The van der Waals surface area contributed by atoms with Crippen molar-refractivity contribution in [3.05, 3.63) is 29.6 Å². The Hall–Kier alpha value is -0.930. The molecule has 3 atom stereocenters. The average molecular weight is 272 g/mol. The second kappa shape index (κ2) is 4.81. The van der Waals surface area contributed by atoms with Gasteiger partial charge in [0, 0.05) is 42.4 Å². The van der Waals surface area contributed by atoms with Gasteiger partial charge in [0.15, 0.2) is 0 Å². The van der Waals surface area contributed by atoms with E-state index in [0.717, 1.165) is 24.8 Å². The first kappa shape index (κ1) is 12.8. The zero-order valence-corrected chi connectivity index (χ0v) is 12.3. The van der Waals surface area contributed by atoms with Crippen molar-refractivity contribution >= 4 is 0 Å². The van der Waals surface area contributed by atoms with Gasteiger partial charge in [-0.05, 0) is 37.8 Å². The Kier molecular flexibility index (Phi) is 3.08. The third-order valence-corrected chi connectivity index (χ3v) is 5.78. The number of nitrogens with zero attached hydrogens (tertiary/aromatic N) is 1. The van der Waals surface area contributed by atoms with Crippen LogP contribution in [0.25, 0.3) is 0 Å². The van der Waals surface area contributed by atoms with Crippen LogP contribution in [0.1, 0.15) is 43.4 Å². The summed E-state index contributed by atoms with van der Waals surface area (Å²) in [6, 6.07) is 4.96. The molecule has 1 aromatic heterocycles. The van der Waals surface area contributed by atoms with E-state index in [9.17, 15) is 0 Å². The molecular weight excluding hydrogens is 248 g/mol. The Labute approximate surface area is 121 Å². The average Bonchev–Trinajstić information content (AvgIpc) is 3.09. The van der Waals surface area contributed by atoms with Gasteiger partial charge in [0.25, 0.3) is 0 Å². The highest BCUT2D eigenvalue weighted by molar-refractivity contribution is 5.18. The summed E-state index contributed by atoms with van der Waals surface area (Å²) < 4.78 is 6.04. The van der Waals surface area contributed by atoms with Gasteiger partial charge in [-0.25, -0.2) is 0 Å². The molecule has 1 aromatic rings. The Bertz CT molecular complexity index is 478. The van der Waals surface area contributed by atoms with Crippen molar-refractivity contribution in [2.24, 2.45) is 11.3 Å². The molecule has 3 nitrogen and oxygen atoms in total. The standard InChI is InChI=1S/C17H24N2O/c1-12-4-5-13(10-18-12)11-19-15-14-6-9-20-16(14)17(15)7-2-3-8-17/h4-5,10,14-16,19H,2-3,6-9,11H2,1H3. The van der Waals surface area contributed by atoms with Crippen molar-refractivity contribution in [3.8, 4) is 0 Å². The number of aryl methyl sites for hydroxylation is 1. The maximum atomic E-state index is 6.04. The van der Waals surface area contributed by atoms with Crippen molar-refractivity contribution < 1.29 is 4.74 Å². The van der Waals surface area contributed by atoms with Crippen LogP contribution < -0.4 is 5.32 Å². The van der Waals surface area contributed by atoms with Crippen LogP contribution in [0.4, 0.5) is 0 Å². The van der Waals surface area contributed by atoms with E-state index in [2.05, 4.69) is 22.4 Å². The van der Waals surface area contributed by atoms with Crippen molar-refractivity contribution in [1.29, 1.82) is 0 Å². The number of nitrogens with one attached hydrogen (secondary N) is 1. The molecule has 0 bridgehead atoms. The van der Waals surface area contributed by atoms with E-state index < -0.39 is 0 Å². The number of hydrogen-bond donors (Lipinski definition) is 1. The Morgan fingerprint density at radius 1 is 1.35 bits per heavy atom. The van der Waals surface area contributed by atoms with Gasteiger partial charge in [0.1, 0.15) is 0 Å². The molecule has 0 aromatic carbocycles. The monoisotopic (exact) mass is 272 g/mol. The minimum absolute atomic E-state index is 0.458. The maximum Gasteiger partial charge on any atom is 0.0690 e. The number of rotatable bonds is 3. The molecule has 2 saturated carbocycles. The summed E-state index contributed by atoms with van der Waals surface area (Å²) in [6.45, 7) is 3.96. The molecule has 1 aliphatic heterocycles. The molecule has 108 valence electrons. The minimum atomic E-state index is 0.458. The predicted molar refractivity (Wildman–Crippen MR) is 78.3 cm³/mol. The summed E-state index contributed by atoms with van der Waals surface area (Å²) in [4.78, 5) is 4.39. The molecule has 1 N–H and O–H groups in total. The lowest BCUT2D eigenvalue weighted by Gasteiger charge is -2.57. The van der Waals surface area contributed by atoms with Crippen molar-refractivity contribution in [3.63, 3.8) is 0 Å². The lowest BCUT2D eigenvalue weighted by molar-refractivity contribution is -0.130. The number of fused-ring (bicyclic) bond motifs is 2. The van der Waals surface area contributed by atoms with Gasteiger partial charge < -0.3 is 10.1 Å². The number of pyridine rings is 1. The number of hydrogen-bond acceptors (Lipinski definition) is 3. The van der Waals surface area contributed by atoms with Crippen LogP contribution in [0, 0.1) is 18.3 Å². The molecule has 1 saturated heterocycles. The molecule has 4 rings (SSSR count). The molecule has 2 heterocycles. The van der Waals surface area contributed by atoms with Gasteiger partial charge in [0.05, 0.1) is 6.10 Å². The topological polar surface area (TPSA) is 34.1 Å². The van der Waals surface area contributed by atoms with Crippen molar-refractivity contribution in [2.45, 2.75) is 57.7 Å². The summed E-state index contributed by atoms with van der Waals surface area (Å²) in [5.41, 5.74) is 2.85. The third kappa shape index (κ3) is 1.83. The smallest absolute Gasteiger partial charge is 0.0690 e. The van der Waals surface area contributed by atoms with Crippen LogP contribution in [-0.2, 0) is 11.3 Å². The van der Waals surface area contributed by atoms with Crippen LogP contribution in [-0.4, -0.2) is 23.7 Å². The highest BCUT2D eigenvalue weighted by atomic mass is 16.5. The maximum absolute atomic E-state index is 6.04. The predicted octanol–water partition coefficient (Wildman–Crippen LogP) is 2.83. The minimum Gasteiger partial charge on any atom is -0.377 e. The molecule has 3 unspecified atom stereocenters. The number of aromatic nitrogens is 1. The molecule has 3 fully saturated rings. The summed E-state index contributed by atoms with van der Waals surface area (Å²) >= 11 is 0. The highest BCUT2D eigenvalue weighted by Crippen LogP contribution is 2.60. The van der Waals surface area contributed by atoms with Gasteiger partial charge in [0.2, 0.25) is 0 Å². The number of ether oxygens (including phenoxy) is 1. The molecule has 3 heteroatoms. The Morgan fingerprint density at radius 3 is 2.95 bits per heavy atom. The highest BCUT2D eigenvalue weighted by Gasteiger charge is 2.64. The molecule has 0 radical (unpaired) electrons. The van der Waals surface area contributed by atoms with Gasteiger partial charge in [-0.1, -0.05) is 18.9 Å². The largest absolute Gasteiger partial charge is 0.377 e. The quantitative estimate of drug-likeness (QED) is 0.918. The van der Waals surface area contributed by atoms with Crippen LogP contribution in [0.5, 0.6) is 0 Å². The Morgan fingerprint density at radius 2 is 2.20 bits per heavy atom. The fraction of sp³-hybridized carbons (Fsp3) is 0.706. The van der Waals surface area contributed by atoms with Crippen LogP contribution in [0.15, 0.2) is 18.3 Å². The second-order valence-corrected chi connectivity index (χ2v) is 6.85. The molecule has 1 spiro atoms. The summed E-state index contributed by atoms with van der Waals surface area (Å²) in [7, 11) is 0. The van der Waals surface area contributed by atoms with Gasteiger partial charge in [-0.3, -0.25) is 4.98 Å². The molecule has 3 aliphatic rings. The van der Waals surface area contributed by atoms with E-state index in [1.807, 2.05) is 13.1 Å². The lowest BCUT2D eigenvalue weighted by Crippen LogP contribution is -2.67. The van der Waals surface area contributed by atoms with Gasteiger partial charge >= 0.3 is 0 Å². The molecule has 20 heavy (non-hydrogen) atoms. The fourth-order valence-electron chi connectivity index (χ4n) is 4.84. The first-order valence-corrected chi connectivity index (χ1v) is 8.06. The molecule has 2 aliphatic carbocycles. The van der Waals surface area contributed by atoms with E-state index in [1.165, 1.54) is 37.7 Å². The Balaban J connectivity index is 1.46. The zero-order valence-electron chi connectivity index (χ0n) is 12.3. The van der Waals surface area contributed by atoms with Crippen LogP contribution in [0.2, 0.25) is 0 Å². The second-order valence-electron chi connectivity index (χ2n) is 6.85. The summed E-state index contributed by atoms with van der Waals surface area (Å²) in [5.74, 6) is 0.756. The summed E-state index contributed by atoms with van der Waals surface area (Å²) in [5, 5.41) is 3.84. The van der Waals surface area contributed by atoms with E-state index in [1.54, 1.807) is 0 Å². The lowest BCUT2D eigenvalue weighted by atomic mass is 9.54. The van der Waals surface area contributed by atoms with Crippen molar-refractivity contribution in [1.82, 2.24) is 10.3 Å². The van der Waals surface area contributed by atoms with Crippen molar-refractivity contribution in [2.75, 3.05) is 6.61 Å². The first-order chi connectivity index (χ1) is 9.79. The third-order valence-electron chi connectivity index (χ3n) is 5.78. The molecule has 0 amide bonds. The van der Waals surface area contributed by atoms with E-state index in [0.29, 0.717) is 17.6 Å². The van der Waals surface area contributed by atoms with E-state index >= 15 is 0 Å². The normalized spacial score (nSPS) is 34.1. The summed E-state index contributed by atoms with van der Waals surface area (Å²) in [6.07, 6.45) is 9.30. The first-order valence-electron chi connectivity index (χ1n) is 8.06. The van der Waals surface area contributed by atoms with Crippen LogP contribution in [0.3, 0.4) is 0 Å².